The molecule has 2 rings (SSSR count). The van der Waals surface area contributed by atoms with Gasteiger partial charge in [-0.3, -0.25) is 0 Å². The Morgan fingerprint density at radius 3 is 2.26 bits per heavy atom. The fourth-order valence-corrected chi connectivity index (χ4v) is 3.28. The van der Waals surface area contributed by atoms with E-state index in [4.69, 9.17) is 11.6 Å². The van der Waals surface area contributed by atoms with Gasteiger partial charge in [0, 0.05) is 9.37 Å². The largest absolute Gasteiger partial charge is 0.130 e. The van der Waals surface area contributed by atoms with E-state index in [-0.39, 0.29) is 5.38 Å². The Hall–Kier alpha value is -0.440. The van der Waals surface area contributed by atoms with E-state index in [0.717, 1.165) is 10.0 Å². The lowest BCUT2D eigenvalue weighted by Crippen LogP contribution is -1.97. The number of benzene rings is 2. The Kier molecular flexibility index (Phi) is 4.99. The highest BCUT2D eigenvalue weighted by Gasteiger charge is 2.14. The second-order valence-corrected chi connectivity index (χ2v) is 6.76. The molecular formula is C16H16BrClS. The maximum atomic E-state index is 6.63. The van der Waals surface area contributed by atoms with E-state index in [1.807, 2.05) is 0 Å². The molecule has 0 aliphatic carbocycles. The van der Waals surface area contributed by atoms with Crippen molar-refractivity contribution in [3.63, 3.8) is 0 Å². The van der Waals surface area contributed by atoms with Gasteiger partial charge in [-0.15, -0.1) is 23.4 Å². The lowest BCUT2D eigenvalue weighted by atomic mass is 9.98. The molecular weight excluding hydrogens is 340 g/mol. The standard InChI is InChI=1S/C16H16BrClS/c1-10-9-15(17)11(2)8-14(10)16(18)12-4-6-13(19-3)7-5-12/h4-9,16H,1-3H3. The number of aryl methyl sites for hydroxylation is 2. The molecule has 0 saturated carbocycles. The van der Waals surface area contributed by atoms with Gasteiger partial charge in [0.15, 0.2) is 0 Å². The SMILES string of the molecule is CSc1ccc(C(Cl)c2cc(C)c(Br)cc2C)cc1. The molecule has 2 aromatic carbocycles. The van der Waals surface area contributed by atoms with Gasteiger partial charge in [0.25, 0.3) is 0 Å². The highest BCUT2D eigenvalue weighted by Crippen LogP contribution is 2.34. The minimum Gasteiger partial charge on any atom is -0.130 e. The van der Waals surface area contributed by atoms with Crippen LogP contribution in [0.2, 0.25) is 0 Å². The van der Waals surface area contributed by atoms with Crippen molar-refractivity contribution in [3.05, 3.63) is 63.1 Å². The number of hydrogen-bond donors (Lipinski definition) is 0. The molecule has 0 saturated heterocycles. The van der Waals surface area contributed by atoms with E-state index in [9.17, 15) is 0 Å². The highest BCUT2D eigenvalue weighted by molar-refractivity contribution is 9.10. The molecule has 0 fully saturated rings. The molecule has 1 unspecified atom stereocenters. The van der Waals surface area contributed by atoms with Gasteiger partial charge in [0.1, 0.15) is 0 Å². The van der Waals surface area contributed by atoms with Crippen molar-refractivity contribution in [2.75, 3.05) is 6.26 Å². The first-order valence-electron chi connectivity index (χ1n) is 6.07. The predicted molar refractivity (Wildman–Crippen MR) is 89.5 cm³/mol. The van der Waals surface area contributed by atoms with Crippen LogP contribution in [0, 0.1) is 13.8 Å². The van der Waals surface area contributed by atoms with Gasteiger partial charge >= 0.3 is 0 Å². The summed E-state index contributed by atoms with van der Waals surface area (Å²) in [6.45, 7) is 4.19. The molecule has 0 aliphatic rings. The van der Waals surface area contributed by atoms with E-state index < -0.39 is 0 Å². The quantitative estimate of drug-likeness (QED) is 0.472. The summed E-state index contributed by atoms with van der Waals surface area (Å²) < 4.78 is 1.13. The summed E-state index contributed by atoms with van der Waals surface area (Å²) in [5, 5.41) is -0.0947. The molecule has 0 aliphatic heterocycles. The van der Waals surface area contributed by atoms with Crippen LogP contribution < -0.4 is 0 Å². The van der Waals surface area contributed by atoms with Crippen LogP contribution >= 0.6 is 39.3 Å². The Balaban J connectivity index is 2.37. The van der Waals surface area contributed by atoms with Gasteiger partial charge in [-0.1, -0.05) is 34.1 Å². The molecule has 0 spiro atoms. The first-order valence-corrected chi connectivity index (χ1v) is 8.53. The van der Waals surface area contributed by atoms with Gasteiger partial charge < -0.3 is 0 Å². The topological polar surface area (TPSA) is 0 Å². The van der Waals surface area contributed by atoms with Crippen LogP contribution in [-0.2, 0) is 0 Å². The van der Waals surface area contributed by atoms with Crippen molar-refractivity contribution in [2.45, 2.75) is 24.1 Å². The van der Waals surface area contributed by atoms with Crippen LogP contribution in [-0.4, -0.2) is 6.26 Å². The van der Waals surface area contributed by atoms with Crippen molar-refractivity contribution in [1.29, 1.82) is 0 Å². The van der Waals surface area contributed by atoms with Gasteiger partial charge in [-0.2, -0.15) is 0 Å². The fraction of sp³-hybridized carbons (Fsp3) is 0.250. The monoisotopic (exact) mass is 354 g/mol. The Labute approximate surface area is 132 Å². The average molecular weight is 356 g/mol. The molecule has 19 heavy (non-hydrogen) atoms. The zero-order chi connectivity index (χ0) is 14.0. The normalized spacial score (nSPS) is 12.5. The molecule has 2 aromatic rings. The summed E-state index contributed by atoms with van der Waals surface area (Å²) in [5.41, 5.74) is 4.75. The van der Waals surface area contributed by atoms with Crippen molar-refractivity contribution in [3.8, 4) is 0 Å². The van der Waals surface area contributed by atoms with Crippen LogP contribution in [0.1, 0.15) is 27.6 Å². The van der Waals surface area contributed by atoms with Crippen molar-refractivity contribution < 1.29 is 0 Å². The maximum absolute atomic E-state index is 6.63. The molecule has 1 atom stereocenters. The van der Waals surface area contributed by atoms with Gasteiger partial charge in [-0.05, 0) is 60.6 Å². The molecule has 0 heterocycles. The number of alkyl halides is 1. The van der Waals surface area contributed by atoms with Crippen molar-refractivity contribution in [1.82, 2.24) is 0 Å². The number of rotatable bonds is 3. The first-order chi connectivity index (χ1) is 9.02. The lowest BCUT2D eigenvalue weighted by Gasteiger charge is -2.15. The van der Waals surface area contributed by atoms with Gasteiger partial charge in [0.2, 0.25) is 0 Å². The molecule has 0 radical (unpaired) electrons. The summed E-state index contributed by atoms with van der Waals surface area (Å²) in [6, 6.07) is 12.8. The molecule has 0 amide bonds. The van der Waals surface area contributed by atoms with Crippen LogP contribution in [0.25, 0.3) is 0 Å². The van der Waals surface area contributed by atoms with Crippen molar-refractivity contribution >= 4 is 39.3 Å². The first kappa shape index (κ1) is 15.0. The van der Waals surface area contributed by atoms with E-state index in [2.05, 4.69) is 72.4 Å². The third-order valence-electron chi connectivity index (χ3n) is 3.23. The minimum absolute atomic E-state index is 0.0947. The summed E-state index contributed by atoms with van der Waals surface area (Å²) in [7, 11) is 0. The zero-order valence-electron chi connectivity index (χ0n) is 11.2. The van der Waals surface area contributed by atoms with E-state index in [0.29, 0.717) is 0 Å². The number of hydrogen-bond acceptors (Lipinski definition) is 1. The second-order valence-electron chi connectivity index (χ2n) is 4.59. The smallest absolute Gasteiger partial charge is 0.0838 e. The lowest BCUT2D eigenvalue weighted by molar-refractivity contribution is 1.09. The number of halogens is 2. The molecule has 0 N–H and O–H groups in total. The fourth-order valence-electron chi connectivity index (χ4n) is 2.03. The molecule has 0 bridgehead atoms. The zero-order valence-corrected chi connectivity index (χ0v) is 14.4. The van der Waals surface area contributed by atoms with Crippen LogP contribution in [0.5, 0.6) is 0 Å². The Morgan fingerprint density at radius 2 is 1.68 bits per heavy atom. The summed E-state index contributed by atoms with van der Waals surface area (Å²) in [4.78, 5) is 1.26. The molecule has 0 nitrogen and oxygen atoms in total. The predicted octanol–water partition coefficient (Wildman–Crippen LogP) is 6.12. The minimum atomic E-state index is -0.0947. The Morgan fingerprint density at radius 1 is 1.05 bits per heavy atom. The molecule has 0 aromatic heterocycles. The molecule has 3 heteroatoms. The average Bonchev–Trinajstić information content (AvgIpc) is 2.42. The van der Waals surface area contributed by atoms with E-state index in [1.165, 1.54) is 21.6 Å². The van der Waals surface area contributed by atoms with Gasteiger partial charge in [0.05, 0.1) is 5.38 Å². The van der Waals surface area contributed by atoms with Crippen LogP contribution in [0.15, 0.2) is 45.8 Å². The van der Waals surface area contributed by atoms with E-state index >= 15 is 0 Å². The van der Waals surface area contributed by atoms with Crippen LogP contribution in [0.4, 0.5) is 0 Å². The summed E-state index contributed by atoms with van der Waals surface area (Å²) >= 11 is 11.9. The van der Waals surface area contributed by atoms with E-state index in [1.54, 1.807) is 11.8 Å². The third kappa shape index (κ3) is 3.36. The maximum Gasteiger partial charge on any atom is 0.0838 e. The van der Waals surface area contributed by atoms with Crippen LogP contribution in [0.3, 0.4) is 0 Å². The molecule has 100 valence electrons. The summed E-state index contributed by atoms with van der Waals surface area (Å²) in [6.07, 6.45) is 2.08. The van der Waals surface area contributed by atoms with Crippen molar-refractivity contribution in [2.24, 2.45) is 0 Å². The number of thioether (sulfide) groups is 1. The highest BCUT2D eigenvalue weighted by atomic mass is 79.9. The van der Waals surface area contributed by atoms with Gasteiger partial charge in [-0.25, -0.2) is 0 Å². The summed E-state index contributed by atoms with van der Waals surface area (Å²) in [5.74, 6) is 0. The second kappa shape index (κ2) is 6.34. The third-order valence-corrected chi connectivity index (χ3v) is 5.31. The Bertz CT molecular complexity index is 578.